The van der Waals surface area contributed by atoms with Crippen LogP contribution in [0.1, 0.15) is 30.0 Å². The average Bonchev–Trinajstić information content (AvgIpc) is 3.33. The van der Waals surface area contributed by atoms with Gasteiger partial charge in [0.1, 0.15) is 11.4 Å². The highest BCUT2D eigenvalue weighted by Gasteiger charge is 2.15. The summed E-state index contributed by atoms with van der Waals surface area (Å²) in [6, 6.07) is 18.7. The molecule has 0 radical (unpaired) electrons. The molecule has 0 unspecified atom stereocenters. The SMILES string of the molecule is COc1ccc(-n2c(=O)c(CCC(=O)N[C@@H](C)c3cccs3)nc3ccccc32)cc1. The number of ether oxygens (including phenoxy) is 1. The van der Waals surface area contributed by atoms with E-state index in [9.17, 15) is 9.59 Å². The van der Waals surface area contributed by atoms with Crippen LogP contribution in [-0.2, 0) is 11.2 Å². The standard InChI is InChI=1S/C24H23N3O3S/c1-16(22-8-5-15-31-22)25-23(28)14-13-20-24(29)27(17-9-11-18(30-2)12-10-17)21-7-4-3-6-19(21)26-20/h3-12,15-16H,13-14H2,1-2H3,(H,25,28)/t16-/m0/s1. The minimum atomic E-state index is -0.219. The van der Waals surface area contributed by atoms with Gasteiger partial charge in [-0.15, -0.1) is 11.3 Å². The Morgan fingerprint density at radius 1 is 1.13 bits per heavy atom. The van der Waals surface area contributed by atoms with Crippen molar-refractivity contribution in [3.8, 4) is 11.4 Å². The van der Waals surface area contributed by atoms with Gasteiger partial charge in [0.2, 0.25) is 5.91 Å². The number of nitrogens with one attached hydrogen (secondary N) is 1. The van der Waals surface area contributed by atoms with Crippen molar-refractivity contribution in [2.75, 3.05) is 7.11 Å². The van der Waals surface area contributed by atoms with Gasteiger partial charge in [-0.05, 0) is 54.8 Å². The maximum atomic E-state index is 13.3. The first-order valence-electron chi connectivity index (χ1n) is 10.0. The number of fused-ring (bicyclic) bond motifs is 1. The molecule has 4 rings (SSSR count). The number of rotatable bonds is 7. The van der Waals surface area contributed by atoms with Crippen LogP contribution < -0.4 is 15.6 Å². The van der Waals surface area contributed by atoms with Crippen LogP contribution in [0.2, 0.25) is 0 Å². The number of carbonyl (C=O) groups is 1. The third kappa shape index (κ3) is 4.51. The molecule has 0 bridgehead atoms. The van der Waals surface area contributed by atoms with Crippen LogP contribution in [0.5, 0.6) is 5.75 Å². The maximum absolute atomic E-state index is 13.3. The Morgan fingerprint density at radius 2 is 1.90 bits per heavy atom. The van der Waals surface area contributed by atoms with Gasteiger partial charge >= 0.3 is 0 Å². The summed E-state index contributed by atoms with van der Waals surface area (Å²) >= 11 is 1.60. The van der Waals surface area contributed by atoms with E-state index in [0.717, 1.165) is 16.1 Å². The van der Waals surface area contributed by atoms with Gasteiger partial charge in [0.05, 0.1) is 24.2 Å². The highest BCUT2D eigenvalue weighted by atomic mass is 32.1. The van der Waals surface area contributed by atoms with E-state index in [1.165, 1.54) is 0 Å². The topological polar surface area (TPSA) is 73.2 Å². The molecule has 7 heteroatoms. The van der Waals surface area contributed by atoms with Gasteiger partial charge < -0.3 is 10.1 Å². The van der Waals surface area contributed by atoms with Crippen LogP contribution >= 0.6 is 11.3 Å². The number of methoxy groups -OCH3 is 1. The lowest BCUT2D eigenvalue weighted by molar-refractivity contribution is -0.121. The molecule has 1 N–H and O–H groups in total. The Kier molecular flexibility index (Phi) is 6.13. The zero-order valence-corrected chi connectivity index (χ0v) is 18.2. The predicted molar refractivity (Wildman–Crippen MR) is 123 cm³/mol. The fourth-order valence-electron chi connectivity index (χ4n) is 3.48. The Hall–Kier alpha value is -3.45. The first-order chi connectivity index (χ1) is 15.1. The number of nitrogens with zero attached hydrogens (tertiary/aromatic N) is 2. The number of amides is 1. The third-order valence-corrected chi connectivity index (χ3v) is 6.15. The van der Waals surface area contributed by atoms with Gasteiger partial charge in [-0.1, -0.05) is 18.2 Å². The van der Waals surface area contributed by atoms with E-state index in [0.29, 0.717) is 17.0 Å². The lowest BCUT2D eigenvalue weighted by Crippen LogP contribution is -2.29. The number of aryl methyl sites for hydroxylation is 1. The molecule has 0 spiro atoms. The van der Waals surface area contributed by atoms with Crippen molar-refractivity contribution in [2.45, 2.75) is 25.8 Å². The zero-order valence-electron chi connectivity index (χ0n) is 17.4. The second-order valence-electron chi connectivity index (χ2n) is 7.19. The molecule has 1 atom stereocenters. The average molecular weight is 434 g/mol. The van der Waals surface area contributed by atoms with Crippen LogP contribution in [0, 0.1) is 0 Å². The summed E-state index contributed by atoms with van der Waals surface area (Å²) in [6.07, 6.45) is 0.460. The number of para-hydroxylation sites is 2. The summed E-state index contributed by atoms with van der Waals surface area (Å²) in [6.45, 7) is 1.95. The Labute approximate surface area is 184 Å². The molecule has 0 aliphatic carbocycles. The molecule has 2 heterocycles. The molecule has 0 saturated carbocycles. The number of aromatic nitrogens is 2. The van der Waals surface area contributed by atoms with Gasteiger partial charge in [0.25, 0.3) is 5.56 Å². The molecule has 31 heavy (non-hydrogen) atoms. The second kappa shape index (κ2) is 9.14. The van der Waals surface area contributed by atoms with Crippen molar-refractivity contribution in [1.82, 2.24) is 14.9 Å². The van der Waals surface area contributed by atoms with Crippen molar-refractivity contribution < 1.29 is 9.53 Å². The molecule has 0 aliphatic rings. The smallest absolute Gasteiger partial charge is 0.277 e. The largest absolute Gasteiger partial charge is 0.497 e. The van der Waals surface area contributed by atoms with Gasteiger partial charge in [-0.2, -0.15) is 0 Å². The molecule has 4 aromatic rings. The van der Waals surface area contributed by atoms with Crippen molar-refractivity contribution in [3.63, 3.8) is 0 Å². The van der Waals surface area contributed by atoms with Gasteiger partial charge in [-0.3, -0.25) is 14.2 Å². The molecule has 2 aromatic carbocycles. The fraction of sp³-hybridized carbons (Fsp3) is 0.208. The number of hydrogen-bond donors (Lipinski definition) is 1. The van der Waals surface area contributed by atoms with Crippen molar-refractivity contribution in [3.05, 3.63) is 87.0 Å². The Bertz CT molecular complexity index is 1250. The Morgan fingerprint density at radius 3 is 2.61 bits per heavy atom. The van der Waals surface area contributed by atoms with Crippen LogP contribution in [-0.4, -0.2) is 22.6 Å². The molecule has 6 nitrogen and oxygen atoms in total. The lowest BCUT2D eigenvalue weighted by Gasteiger charge is -2.14. The molecule has 2 aromatic heterocycles. The first-order valence-corrected chi connectivity index (χ1v) is 10.9. The summed E-state index contributed by atoms with van der Waals surface area (Å²) in [4.78, 5) is 31.4. The molecular weight excluding hydrogens is 410 g/mol. The lowest BCUT2D eigenvalue weighted by atomic mass is 10.2. The molecular formula is C24H23N3O3S. The van der Waals surface area contributed by atoms with Crippen molar-refractivity contribution in [1.29, 1.82) is 0 Å². The normalized spacial score (nSPS) is 11.9. The first kappa shape index (κ1) is 20.8. The number of hydrogen-bond acceptors (Lipinski definition) is 5. The van der Waals surface area contributed by atoms with Gasteiger partial charge in [0.15, 0.2) is 0 Å². The zero-order chi connectivity index (χ0) is 21.8. The minimum Gasteiger partial charge on any atom is -0.497 e. The van der Waals surface area contributed by atoms with Crippen LogP contribution in [0.25, 0.3) is 16.7 Å². The minimum absolute atomic E-state index is 0.0620. The van der Waals surface area contributed by atoms with Crippen LogP contribution in [0.15, 0.2) is 70.8 Å². The highest BCUT2D eigenvalue weighted by molar-refractivity contribution is 7.10. The van der Waals surface area contributed by atoms with Crippen LogP contribution in [0.4, 0.5) is 0 Å². The quantitative estimate of drug-likeness (QED) is 0.473. The molecule has 0 fully saturated rings. The van der Waals surface area contributed by atoms with E-state index in [1.54, 1.807) is 23.0 Å². The number of carbonyl (C=O) groups excluding carboxylic acids is 1. The predicted octanol–water partition coefficient (Wildman–Crippen LogP) is 4.27. The molecule has 1 amide bonds. The van der Waals surface area contributed by atoms with E-state index in [1.807, 2.05) is 73.0 Å². The van der Waals surface area contributed by atoms with E-state index in [-0.39, 0.29) is 30.3 Å². The van der Waals surface area contributed by atoms with Crippen molar-refractivity contribution >= 4 is 28.3 Å². The van der Waals surface area contributed by atoms with Crippen LogP contribution in [0.3, 0.4) is 0 Å². The molecule has 0 saturated heterocycles. The summed E-state index contributed by atoms with van der Waals surface area (Å²) in [5.41, 5.74) is 2.30. The number of thiophene rings is 1. The highest BCUT2D eigenvalue weighted by Crippen LogP contribution is 2.20. The summed E-state index contributed by atoms with van der Waals surface area (Å²) in [7, 11) is 1.60. The van der Waals surface area contributed by atoms with E-state index in [4.69, 9.17) is 4.74 Å². The third-order valence-electron chi connectivity index (χ3n) is 5.09. The summed E-state index contributed by atoms with van der Waals surface area (Å²) in [5.74, 6) is 0.609. The molecule has 158 valence electrons. The number of benzene rings is 2. The molecule has 0 aliphatic heterocycles. The Balaban J connectivity index is 1.61. The summed E-state index contributed by atoms with van der Waals surface area (Å²) < 4.78 is 6.87. The fourth-order valence-corrected chi connectivity index (χ4v) is 4.22. The van der Waals surface area contributed by atoms with E-state index >= 15 is 0 Å². The van der Waals surface area contributed by atoms with Crippen molar-refractivity contribution in [2.24, 2.45) is 0 Å². The van der Waals surface area contributed by atoms with Gasteiger partial charge in [-0.25, -0.2) is 4.98 Å². The van der Waals surface area contributed by atoms with E-state index in [2.05, 4.69) is 10.3 Å². The maximum Gasteiger partial charge on any atom is 0.277 e. The second-order valence-corrected chi connectivity index (χ2v) is 8.17. The van der Waals surface area contributed by atoms with Gasteiger partial charge in [0, 0.05) is 23.4 Å². The monoisotopic (exact) mass is 433 g/mol. The summed E-state index contributed by atoms with van der Waals surface area (Å²) in [5, 5.41) is 4.97. The van der Waals surface area contributed by atoms with E-state index < -0.39 is 0 Å².